The Morgan fingerprint density at radius 2 is 2.05 bits per heavy atom. The molecule has 2 aromatic heterocycles. The zero-order valence-electron chi connectivity index (χ0n) is 10.7. The van der Waals surface area contributed by atoms with E-state index < -0.39 is 0 Å². The number of carbonyl (C=O) groups is 2. The first-order valence-corrected chi connectivity index (χ1v) is 7.81. The summed E-state index contributed by atoms with van der Waals surface area (Å²) in [5.41, 5.74) is 1.13. The van der Waals surface area contributed by atoms with Crippen molar-refractivity contribution >= 4 is 34.4 Å². The molecule has 2 aromatic rings. The van der Waals surface area contributed by atoms with Crippen molar-refractivity contribution in [1.82, 2.24) is 4.90 Å². The third-order valence-corrected chi connectivity index (χ3v) is 4.43. The SMILES string of the molecule is CN(Cc1ccsc1)C(=O)CCC(=O)c1cccs1. The van der Waals surface area contributed by atoms with Crippen molar-refractivity contribution < 1.29 is 9.59 Å². The van der Waals surface area contributed by atoms with Crippen molar-refractivity contribution in [1.29, 1.82) is 0 Å². The predicted molar refractivity (Wildman–Crippen MR) is 78.7 cm³/mol. The number of hydrogen-bond donors (Lipinski definition) is 0. The summed E-state index contributed by atoms with van der Waals surface area (Å²) in [6.07, 6.45) is 0.560. The highest BCUT2D eigenvalue weighted by Crippen LogP contribution is 2.14. The fourth-order valence-corrected chi connectivity index (χ4v) is 3.07. The van der Waals surface area contributed by atoms with Crippen molar-refractivity contribution in [3.63, 3.8) is 0 Å². The van der Waals surface area contributed by atoms with Crippen LogP contribution in [0.3, 0.4) is 0 Å². The van der Waals surface area contributed by atoms with E-state index in [-0.39, 0.29) is 24.5 Å². The standard InChI is InChI=1S/C14H15NO2S2/c1-15(9-11-6-8-18-10-11)14(17)5-4-12(16)13-3-2-7-19-13/h2-3,6-8,10H,4-5,9H2,1H3. The summed E-state index contributed by atoms with van der Waals surface area (Å²) in [5.74, 6) is 0.0587. The lowest BCUT2D eigenvalue weighted by atomic mass is 10.2. The zero-order valence-corrected chi connectivity index (χ0v) is 12.3. The molecular formula is C14H15NO2S2. The fourth-order valence-electron chi connectivity index (χ4n) is 1.72. The third kappa shape index (κ3) is 4.01. The molecule has 3 nitrogen and oxygen atoms in total. The van der Waals surface area contributed by atoms with Crippen molar-refractivity contribution in [3.8, 4) is 0 Å². The van der Waals surface area contributed by atoms with Gasteiger partial charge in [-0.3, -0.25) is 9.59 Å². The number of Topliss-reactive ketones (excluding diaryl/α,β-unsaturated/α-hetero) is 1. The Balaban J connectivity index is 1.79. The quantitative estimate of drug-likeness (QED) is 0.765. The van der Waals surface area contributed by atoms with Crippen LogP contribution in [-0.2, 0) is 11.3 Å². The molecule has 0 unspecified atom stereocenters. The molecule has 0 aliphatic carbocycles. The van der Waals surface area contributed by atoms with E-state index in [4.69, 9.17) is 0 Å². The van der Waals surface area contributed by atoms with Crippen LogP contribution in [-0.4, -0.2) is 23.6 Å². The summed E-state index contributed by atoms with van der Waals surface area (Å²) in [4.78, 5) is 26.1. The summed E-state index contributed by atoms with van der Waals surface area (Å²) in [7, 11) is 1.77. The van der Waals surface area contributed by atoms with Crippen LogP contribution >= 0.6 is 22.7 Å². The van der Waals surface area contributed by atoms with Gasteiger partial charge in [-0.1, -0.05) is 6.07 Å². The normalized spacial score (nSPS) is 10.4. The minimum atomic E-state index is 0.0103. The summed E-state index contributed by atoms with van der Waals surface area (Å²) in [6, 6.07) is 5.65. The molecule has 19 heavy (non-hydrogen) atoms. The molecule has 0 aromatic carbocycles. The molecule has 0 bridgehead atoms. The molecule has 100 valence electrons. The van der Waals surface area contributed by atoms with E-state index in [9.17, 15) is 9.59 Å². The first-order valence-electron chi connectivity index (χ1n) is 5.98. The van der Waals surface area contributed by atoms with Gasteiger partial charge < -0.3 is 4.90 Å². The van der Waals surface area contributed by atoms with Crippen molar-refractivity contribution in [3.05, 3.63) is 44.8 Å². The number of amides is 1. The monoisotopic (exact) mass is 293 g/mol. The van der Waals surface area contributed by atoms with Crippen LogP contribution in [0.2, 0.25) is 0 Å². The number of carbonyl (C=O) groups excluding carboxylic acids is 2. The molecule has 0 radical (unpaired) electrons. The lowest BCUT2D eigenvalue weighted by Gasteiger charge is -2.16. The minimum Gasteiger partial charge on any atom is -0.341 e. The highest BCUT2D eigenvalue weighted by Gasteiger charge is 2.13. The van der Waals surface area contributed by atoms with E-state index in [0.717, 1.165) is 10.4 Å². The average molecular weight is 293 g/mol. The van der Waals surface area contributed by atoms with Crippen LogP contribution in [0.4, 0.5) is 0 Å². The van der Waals surface area contributed by atoms with E-state index >= 15 is 0 Å². The summed E-state index contributed by atoms with van der Waals surface area (Å²) in [5, 5.41) is 5.90. The molecule has 2 heterocycles. The molecule has 0 spiro atoms. The van der Waals surface area contributed by atoms with Gasteiger partial charge in [0.25, 0.3) is 0 Å². The predicted octanol–water partition coefficient (Wildman–Crippen LogP) is 3.43. The van der Waals surface area contributed by atoms with Crippen LogP contribution in [0.25, 0.3) is 0 Å². The van der Waals surface area contributed by atoms with Gasteiger partial charge in [-0.05, 0) is 33.8 Å². The van der Waals surface area contributed by atoms with Crippen LogP contribution < -0.4 is 0 Å². The Labute approximate surface area is 120 Å². The Morgan fingerprint density at radius 3 is 2.68 bits per heavy atom. The van der Waals surface area contributed by atoms with Crippen LogP contribution in [0, 0.1) is 0 Å². The Kier molecular flexibility index (Phi) is 4.87. The Bertz CT molecular complexity index is 532. The number of nitrogens with zero attached hydrogens (tertiary/aromatic N) is 1. The van der Waals surface area contributed by atoms with E-state index in [1.807, 2.05) is 28.3 Å². The van der Waals surface area contributed by atoms with Crippen molar-refractivity contribution in [2.75, 3.05) is 7.05 Å². The van der Waals surface area contributed by atoms with Gasteiger partial charge in [-0.2, -0.15) is 11.3 Å². The molecule has 0 aliphatic rings. The number of thiophene rings is 2. The van der Waals surface area contributed by atoms with Crippen LogP contribution in [0.15, 0.2) is 34.3 Å². The maximum absolute atomic E-state index is 11.9. The smallest absolute Gasteiger partial charge is 0.223 e. The second kappa shape index (κ2) is 6.63. The van der Waals surface area contributed by atoms with Gasteiger partial charge in [-0.15, -0.1) is 11.3 Å². The Morgan fingerprint density at radius 1 is 1.21 bits per heavy atom. The summed E-state index contributed by atoms with van der Waals surface area (Å²) in [6.45, 7) is 0.607. The van der Waals surface area contributed by atoms with Gasteiger partial charge in [0.2, 0.25) is 5.91 Å². The van der Waals surface area contributed by atoms with Gasteiger partial charge in [0.1, 0.15) is 0 Å². The van der Waals surface area contributed by atoms with E-state index in [2.05, 4.69) is 0 Å². The van der Waals surface area contributed by atoms with E-state index in [1.165, 1.54) is 11.3 Å². The largest absolute Gasteiger partial charge is 0.341 e. The number of ketones is 1. The van der Waals surface area contributed by atoms with E-state index in [1.54, 1.807) is 29.4 Å². The fraction of sp³-hybridized carbons (Fsp3) is 0.286. The van der Waals surface area contributed by atoms with Gasteiger partial charge >= 0.3 is 0 Å². The van der Waals surface area contributed by atoms with Gasteiger partial charge in [-0.25, -0.2) is 0 Å². The molecule has 0 atom stereocenters. The molecular weight excluding hydrogens is 278 g/mol. The summed E-state index contributed by atoms with van der Waals surface area (Å²) < 4.78 is 0. The molecule has 1 amide bonds. The second-order valence-corrected chi connectivity index (χ2v) is 6.01. The zero-order chi connectivity index (χ0) is 13.7. The molecule has 0 aliphatic heterocycles. The minimum absolute atomic E-state index is 0.0103. The Hall–Kier alpha value is -1.46. The van der Waals surface area contributed by atoms with Crippen LogP contribution in [0.1, 0.15) is 28.1 Å². The molecule has 2 rings (SSSR count). The summed E-state index contributed by atoms with van der Waals surface area (Å²) >= 11 is 3.04. The topological polar surface area (TPSA) is 37.4 Å². The van der Waals surface area contributed by atoms with Crippen molar-refractivity contribution in [2.45, 2.75) is 19.4 Å². The number of rotatable bonds is 6. The van der Waals surface area contributed by atoms with Crippen molar-refractivity contribution in [2.24, 2.45) is 0 Å². The van der Waals surface area contributed by atoms with Gasteiger partial charge in [0.15, 0.2) is 5.78 Å². The third-order valence-electron chi connectivity index (χ3n) is 2.79. The van der Waals surface area contributed by atoms with Crippen LogP contribution in [0.5, 0.6) is 0 Å². The van der Waals surface area contributed by atoms with E-state index in [0.29, 0.717) is 6.54 Å². The molecule has 0 N–H and O–H groups in total. The van der Waals surface area contributed by atoms with Gasteiger partial charge in [0.05, 0.1) is 4.88 Å². The average Bonchev–Trinajstić information content (AvgIpc) is 3.07. The lowest BCUT2D eigenvalue weighted by molar-refractivity contribution is -0.130. The first-order chi connectivity index (χ1) is 9.16. The molecule has 0 saturated heterocycles. The molecule has 0 saturated carbocycles. The lowest BCUT2D eigenvalue weighted by Crippen LogP contribution is -2.26. The first kappa shape index (κ1) is 14.0. The van der Waals surface area contributed by atoms with Gasteiger partial charge in [0, 0.05) is 26.4 Å². The maximum atomic E-state index is 11.9. The molecule has 5 heteroatoms. The second-order valence-electron chi connectivity index (χ2n) is 4.28. The number of hydrogen-bond acceptors (Lipinski definition) is 4. The maximum Gasteiger partial charge on any atom is 0.223 e. The highest BCUT2D eigenvalue weighted by molar-refractivity contribution is 7.12. The molecule has 0 fully saturated rings. The highest BCUT2D eigenvalue weighted by atomic mass is 32.1.